The van der Waals surface area contributed by atoms with E-state index in [2.05, 4.69) is 26.1 Å². The molecule has 2 aliphatic rings. The van der Waals surface area contributed by atoms with Crippen molar-refractivity contribution in [3.63, 3.8) is 0 Å². The summed E-state index contributed by atoms with van der Waals surface area (Å²) in [5, 5.41) is 3.52. The number of ether oxygens (including phenoxy) is 2. The van der Waals surface area contributed by atoms with Crippen LogP contribution in [0, 0.1) is 10.8 Å². The quantitative estimate of drug-likeness (QED) is 0.790. The standard InChI is InChI=1S/C16H28N2O3S/c1-5-21-14(19)18-8-6-16(7-9-18)11-20-10-12(16)17-13(22)15(2,3)4/h12H,5-11H2,1-4H3,(H,17,22)/t12-/m1/s1. The molecule has 2 aliphatic heterocycles. The van der Waals surface area contributed by atoms with E-state index in [-0.39, 0.29) is 23.0 Å². The number of likely N-dealkylation sites (tertiary alicyclic amines) is 1. The Morgan fingerprint density at radius 1 is 1.41 bits per heavy atom. The van der Waals surface area contributed by atoms with Crippen molar-refractivity contribution in [2.24, 2.45) is 10.8 Å². The molecule has 2 fully saturated rings. The van der Waals surface area contributed by atoms with Crippen LogP contribution in [-0.4, -0.2) is 54.9 Å². The highest BCUT2D eigenvalue weighted by Gasteiger charge is 2.47. The summed E-state index contributed by atoms with van der Waals surface area (Å²) in [4.78, 5) is 14.5. The van der Waals surface area contributed by atoms with Crippen LogP contribution in [0.1, 0.15) is 40.5 Å². The number of carbonyl (C=O) groups excluding carboxylic acids is 1. The van der Waals surface area contributed by atoms with Crippen LogP contribution in [0.4, 0.5) is 4.79 Å². The predicted molar refractivity (Wildman–Crippen MR) is 90.1 cm³/mol. The van der Waals surface area contributed by atoms with E-state index in [9.17, 15) is 4.79 Å². The molecule has 22 heavy (non-hydrogen) atoms. The van der Waals surface area contributed by atoms with Crippen LogP contribution in [0.3, 0.4) is 0 Å². The van der Waals surface area contributed by atoms with Gasteiger partial charge in [0, 0.05) is 23.9 Å². The van der Waals surface area contributed by atoms with Crippen molar-refractivity contribution in [3.8, 4) is 0 Å². The van der Waals surface area contributed by atoms with E-state index in [0.29, 0.717) is 13.2 Å². The van der Waals surface area contributed by atoms with E-state index in [4.69, 9.17) is 21.7 Å². The average molecular weight is 328 g/mol. The minimum atomic E-state index is -0.203. The molecular weight excluding hydrogens is 300 g/mol. The molecule has 0 unspecified atom stereocenters. The van der Waals surface area contributed by atoms with E-state index < -0.39 is 0 Å². The number of amides is 1. The molecule has 2 saturated heterocycles. The third-order valence-electron chi connectivity index (χ3n) is 4.68. The highest BCUT2D eigenvalue weighted by molar-refractivity contribution is 7.80. The van der Waals surface area contributed by atoms with Crippen LogP contribution < -0.4 is 5.32 Å². The van der Waals surface area contributed by atoms with Gasteiger partial charge in [-0.2, -0.15) is 0 Å². The van der Waals surface area contributed by atoms with Crippen LogP contribution >= 0.6 is 12.2 Å². The number of thiocarbonyl (C=S) groups is 1. The molecule has 126 valence electrons. The lowest BCUT2D eigenvalue weighted by Crippen LogP contribution is -2.54. The summed E-state index contributed by atoms with van der Waals surface area (Å²) in [6.07, 6.45) is 1.65. The van der Waals surface area contributed by atoms with Crippen molar-refractivity contribution in [1.82, 2.24) is 10.2 Å². The third kappa shape index (κ3) is 3.71. The Labute approximate surface area is 138 Å². The number of carbonyl (C=O) groups is 1. The Bertz CT molecular complexity index is 426. The maximum Gasteiger partial charge on any atom is 0.409 e. The largest absolute Gasteiger partial charge is 0.450 e. The molecule has 5 nitrogen and oxygen atoms in total. The van der Waals surface area contributed by atoms with Gasteiger partial charge in [0.25, 0.3) is 0 Å². The first-order valence-electron chi connectivity index (χ1n) is 8.09. The maximum atomic E-state index is 11.8. The Kier molecular flexibility index (Phi) is 5.33. The summed E-state index contributed by atoms with van der Waals surface area (Å²) >= 11 is 5.53. The minimum Gasteiger partial charge on any atom is -0.450 e. The molecule has 1 N–H and O–H groups in total. The Morgan fingerprint density at radius 3 is 2.59 bits per heavy atom. The lowest BCUT2D eigenvalue weighted by Gasteiger charge is -2.42. The van der Waals surface area contributed by atoms with E-state index in [1.54, 1.807) is 4.90 Å². The fourth-order valence-corrected chi connectivity index (χ4v) is 3.21. The lowest BCUT2D eigenvalue weighted by molar-refractivity contribution is 0.0547. The van der Waals surface area contributed by atoms with E-state index in [1.807, 2.05) is 6.92 Å². The monoisotopic (exact) mass is 328 g/mol. The first-order chi connectivity index (χ1) is 10.3. The van der Waals surface area contributed by atoms with Crippen LogP contribution in [0.5, 0.6) is 0 Å². The fourth-order valence-electron chi connectivity index (χ4n) is 3.07. The molecule has 1 spiro atoms. The number of nitrogens with one attached hydrogen (secondary N) is 1. The van der Waals surface area contributed by atoms with Gasteiger partial charge in [-0.15, -0.1) is 0 Å². The highest BCUT2D eigenvalue weighted by atomic mass is 32.1. The van der Waals surface area contributed by atoms with Gasteiger partial charge in [-0.05, 0) is 19.8 Å². The zero-order valence-corrected chi connectivity index (χ0v) is 14.9. The van der Waals surface area contributed by atoms with Crippen LogP contribution in [0.25, 0.3) is 0 Å². The second-order valence-corrected chi connectivity index (χ2v) is 7.75. The van der Waals surface area contributed by atoms with Crippen molar-refractivity contribution in [1.29, 1.82) is 0 Å². The highest BCUT2D eigenvalue weighted by Crippen LogP contribution is 2.40. The predicted octanol–water partition coefficient (Wildman–Crippen LogP) is 2.59. The molecular formula is C16H28N2O3S. The molecule has 6 heteroatoms. The van der Waals surface area contributed by atoms with E-state index >= 15 is 0 Å². The van der Waals surface area contributed by atoms with Gasteiger partial charge >= 0.3 is 6.09 Å². The minimum absolute atomic E-state index is 0.0370. The fraction of sp³-hybridized carbons (Fsp3) is 0.875. The van der Waals surface area contributed by atoms with Gasteiger partial charge in [-0.3, -0.25) is 0 Å². The zero-order chi connectivity index (χ0) is 16.4. The molecule has 0 aromatic rings. The molecule has 0 bridgehead atoms. The zero-order valence-electron chi connectivity index (χ0n) is 14.1. The van der Waals surface area contributed by atoms with Gasteiger partial charge in [0.1, 0.15) is 0 Å². The Balaban J connectivity index is 1.96. The summed E-state index contributed by atoms with van der Waals surface area (Å²) in [6, 6.07) is 0.239. The lowest BCUT2D eigenvalue weighted by atomic mass is 9.74. The normalized spacial score (nSPS) is 24.4. The van der Waals surface area contributed by atoms with Crippen molar-refractivity contribution in [2.45, 2.75) is 46.6 Å². The Hall–Kier alpha value is -0.880. The second-order valence-electron chi connectivity index (χ2n) is 7.34. The Morgan fingerprint density at radius 2 is 2.05 bits per heavy atom. The molecule has 0 aliphatic carbocycles. The van der Waals surface area contributed by atoms with Crippen LogP contribution in [0.2, 0.25) is 0 Å². The van der Waals surface area contributed by atoms with Gasteiger partial charge in [0.05, 0.1) is 30.9 Å². The summed E-state index contributed by atoms with van der Waals surface area (Å²) < 4.78 is 10.8. The number of piperidine rings is 1. The summed E-state index contributed by atoms with van der Waals surface area (Å²) in [5.74, 6) is 0. The third-order valence-corrected chi connectivity index (χ3v) is 5.42. The molecule has 0 aromatic carbocycles. The first kappa shape index (κ1) is 17.5. The van der Waals surface area contributed by atoms with Crippen LogP contribution in [-0.2, 0) is 9.47 Å². The number of nitrogens with zero attached hydrogens (tertiary/aromatic N) is 1. The number of rotatable bonds is 2. The molecule has 1 amide bonds. The molecule has 0 saturated carbocycles. The van der Waals surface area contributed by atoms with Gasteiger partial charge in [-0.1, -0.05) is 33.0 Å². The molecule has 2 rings (SSSR count). The molecule has 0 aromatic heterocycles. The summed E-state index contributed by atoms with van der Waals surface area (Å²) in [7, 11) is 0. The molecule has 1 atom stereocenters. The van der Waals surface area contributed by atoms with Gasteiger partial charge < -0.3 is 19.7 Å². The first-order valence-corrected chi connectivity index (χ1v) is 8.50. The van der Waals surface area contributed by atoms with Crippen LogP contribution in [0.15, 0.2) is 0 Å². The van der Waals surface area contributed by atoms with Crippen molar-refractivity contribution < 1.29 is 14.3 Å². The molecule has 2 heterocycles. The summed E-state index contributed by atoms with van der Waals surface area (Å²) in [6.45, 7) is 11.5. The topological polar surface area (TPSA) is 50.8 Å². The van der Waals surface area contributed by atoms with Gasteiger partial charge in [-0.25, -0.2) is 4.79 Å². The van der Waals surface area contributed by atoms with E-state index in [1.165, 1.54) is 0 Å². The van der Waals surface area contributed by atoms with Crippen molar-refractivity contribution in [3.05, 3.63) is 0 Å². The summed E-state index contributed by atoms with van der Waals surface area (Å²) in [5.41, 5.74) is 0.0447. The van der Waals surface area contributed by atoms with Gasteiger partial charge in [0.2, 0.25) is 0 Å². The van der Waals surface area contributed by atoms with Gasteiger partial charge in [0.15, 0.2) is 0 Å². The second kappa shape index (κ2) is 6.71. The smallest absolute Gasteiger partial charge is 0.409 e. The molecule has 0 radical (unpaired) electrons. The average Bonchev–Trinajstić information content (AvgIpc) is 2.81. The maximum absolute atomic E-state index is 11.8. The van der Waals surface area contributed by atoms with Crippen molar-refractivity contribution in [2.75, 3.05) is 32.9 Å². The number of hydrogen-bond acceptors (Lipinski definition) is 4. The SMILES string of the molecule is CCOC(=O)N1CCC2(CC1)COC[C@H]2NC(=S)C(C)(C)C. The van der Waals surface area contributed by atoms with Crippen molar-refractivity contribution >= 4 is 23.3 Å². The number of hydrogen-bond donors (Lipinski definition) is 1. The van der Waals surface area contributed by atoms with E-state index in [0.717, 1.165) is 37.5 Å².